The summed E-state index contributed by atoms with van der Waals surface area (Å²) < 4.78 is 10.7. The minimum absolute atomic E-state index is 0.0754. The number of ether oxygens (including phenoxy) is 2. The maximum absolute atomic E-state index is 12.8. The molecule has 2 unspecified atom stereocenters. The van der Waals surface area contributed by atoms with Gasteiger partial charge in [-0.2, -0.15) is 0 Å². The van der Waals surface area contributed by atoms with Crippen LogP contribution in [-0.2, 0) is 19.1 Å². The van der Waals surface area contributed by atoms with Crippen LogP contribution in [0.1, 0.15) is 30.4 Å². The molecule has 0 fully saturated rings. The first-order valence-corrected chi connectivity index (χ1v) is 10.6. The van der Waals surface area contributed by atoms with E-state index in [0.29, 0.717) is 0 Å². The Kier molecular flexibility index (Phi) is 7.67. The molecule has 3 rings (SSSR count). The van der Waals surface area contributed by atoms with Gasteiger partial charge in [0.25, 0.3) is 0 Å². The summed E-state index contributed by atoms with van der Waals surface area (Å²) in [7, 11) is 1.38. The van der Waals surface area contributed by atoms with E-state index < -0.39 is 36.2 Å². The fourth-order valence-corrected chi connectivity index (χ4v) is 4.03. The van der Waals surface area contributed by atoms with Gasteiger partial charge >= 0.3 is 12.1 Å². The van der Waals surface area contributed by atoms with Crippen LogP contribution in [0.3, 0.4) is 0 Å². The molecule has 0 radical (unpaired) electrons. The highest BCUT2D eigenvalue weighted by Gasteiger charge is 2.40. The second-order valence-electron chi connectivity index (χ2n) is 7.88. The van der Waals surface area contributed by atoms with E-state index in [1.54, 1.807) is 6.92 Å². The second kappa shape index (κ2) is 10.5. The number of aliphatic hydroxyl groups excluding tert-OH is 1. The molecule has 0 saturated heterocycles. The standard InChI is InChI=1S/C24H28N2O7/c1-3-24(14-32-2,22(30)25-12-20(27)21(28)29)26-23(31)33-13-19-17-10-6-4-8-15(17)16-9-5-7-11-18(16)19/h4-11,19-20,27H,3,12-14H2,1-2H3,(H,25,30)(H,26,31)(H,28,29). The van der Waals surface area contributed by atoms with Gasteiger partial charge in [-0.3, -0.25) is 4.79 Å². The van der Waals surface area contributed by atoms with Gasteiger partial charge in [0, 0.05) is 13.0 Å². The van der Waals surface area contributed by atoms with Gasteiger partial charge in [0.15, 0.2) is 6.10 Å². The first-order chi connectivity index (χ1) is 15.8. The smallest absolute Gasteiger partial charge is 0.408 e. The van der Waals surface area contributed by atoms with Gasteiger partial charge in [0.2, 0.25) is 5.91 Å². The number of fused-ring (bicyclic) bond motifs is 3. The molecule has 9 heteroatoms. The SMILES string of the molecule is CCC(COC)(NC(=O)OCC1c2ccccc2-c2ccccc21)C(=O)NCC(O)C(=O)O. The fourth-order valence-electron chi connectivity index (χ4n) is 4.03. The predicted molar refractivity (Wildman–Crippen MR) is 120 cm³/mol. The highest BCUT2D eigenvalue weighted by Crippen LogP contribution is 2.44. The zero-order valence-corrected chi connectivity index (χ0v) is 18.5. The number of amides is 2. The number of rotatable bonds is 10. The van der Waals surface area contributed by atoms with Crippen molar-refractivity contribution >= 4 is 18.0 Å². The molecule has 0 saturated carbocycles. The van der Waals surface area contributed by atoms with Crippen LogP contribution < -0.4 is 10.6 Å². The summed E-state index contributed by atoms with van der Waals surface area (Å²) >= 11 is 0. The number of carboxylic acid groups (broad SMARTS) is 1. The zero-order chi connectivity index (χ0) is 24.0. The van der Waals surface area contributed by atoms with E-state index in [1.165, 1.54) is 7.11 Å². The van der Waals surface area contributed by atoms with Crippen LogP contribution in [0.5, 0.6) is 0 Å². The number of methoxy groups -OCH3 is 1. The quantitative estimate of drug-likeness (QED) is 0.429. The van der Waals surface area contributed by atoms with Crippen molar-refractivity contribution in [3.8, 4) is 11.1 Å². The minimum atomic E-state index is -1.76. The number of aliphatic carboxylic acids is 1. The van der Waals surface area contributed by atoms with E-state index >= 15 is 0 Å². The van der Waals surface area contributed by atoms with E-state index in [4.69, 9.17) is 14.6 Å². The molecule has 1 aliphatic carbocycles. The van der Waals surface area contributed by atoms with E-state index in [-0.39, 0.29) is 25.6 Å². The predicted octanol–water partition coefficient (Wildman–Crippen LogP) is 1.88. The third kappa shape index (κ3) is 5.15. The Morgan fingerprint density at radius 1 is 1.06 bits per heavy atom. The Morgan fingerprint density at radius 3 is 2.15 bits per heavy atom. The summed E-state index contributed by atoms with van der Waals surface area (Å²) in [5.74, 6) is -2.28. The highest BCUT2D eigenvalue weighted by molar-refractivity contribution is 5.90. The molecule has 0 aliphatic heterocycles. The van der Waals surface area contributed by atoms with E-state index in [1.807, 2.05) is 48.5 Å². The lowest BCUT2D eigenvalue weighted by atomic mass is 9.96. The minimum Gasteiger partial charge on any atom is -0.479 e. The number of aliphatic hydroxyl groups is 1. The number of hydrogen-bond acceptors (Lipinski definition) is 6. The third-order valence-electron chi connectivity index (χ3n) is 5.85. The lowest BCUT2D eigenvalue weighted by Gasteiger charge is -2.31. The molecular weight excluding hydrogens is 428 g/mol. The number of carboxylic acids is 1. The average Bonchev–Trinajstić information content (AvgIpc) is 3.14. The van der Waals surface area contributed by atoms with Crippen molar-refractivity contribution in [3.05, 3.63) is 59.7 Å². The van der Waals surface area contributed by atoms with E-state index in [0.717, 1.165) is 22.3 Å². The first-order valence-electron chi connectivity index (χ1n) is 10.6. The summed E-state index contributed by atoms with van der Waals surface area (Å²) in [6.45, 7) is 1.08. The maximum atomic E-state index is 12.8. The van der Waals surface area contributed by atoms with Gasteiger partial charge in [0.1, 0.15) is 12.1 Å². The zero-order valence-electron chi connectivity index (χ0n) is 18.5. The summed E-state index contributed by atoms with van der Waals surface area (Å²) in [4.78, 5) is 36.3. The van der Waals surface area contributed by atoms with Crippen molar-refractivity contribution in [2.45, 2.75) is 30.9 Å². The Bertz CT molecular complexity index is 980. The van der Waals surface area contributed by atoms with Crippen molar-refractivity contribution in [3.63, 3.8) is 0 Å². The average molecular weight is 456 g/mol. The molecule has 2 amide bonds. The van der Waals surface area contributed by atoms with Crippen LogP contribution in [0.4, 0.5) is 4.79 Å². The lowest BCUT2D eigenvalue weighted by Crippen LogP contribution is -2.62. The number of nitrogens with one attached hydrogen (secondary N) is 2. The van der Waals surface area contributed by atoms with Gasteiger partial charge in [-0.15, -0.1) is 0 Å². The molecular formula is C24H28N2O7. The van der Waals surface area contributed by atoms with Crippen molar-refractivity contribution < 1.29 is 34.1 Å². The van der Waals surface area contributed by atoms with Crippen LogP contribution >= 0.6 is 0 Å². The molecule has 1 aliphatic rings. The number of carbonyl (C=O) groups excluding carboxylic acids is 2. The molecule has 0 spiro atoms. The molecule has 0 bridgehead atoms. The summed E-state index contributed by atoms with van der Waals surface area (Å²) in [6.07, 6.45) is -2.41. The number of alkyl carbamates (subject to hydrolysis) is 1. The normalized spacial score (nSPS) is 15.0. The van der Waals surface area contributed by atoms with Gasteiger partial charge in [-0.1, -0.05) is 55.5 Å². The van der Waals surface area contributed by atoms with Crippen LogP contribution in [0.25, 0.3) is 11.1 Å². The van der Waals surface area contributed by atoms with Crippen molar-refractivity contribution in [2.75, 3.05) is 26.9 Å². The van der Waals surface area contributed by atoms with Gasteiger partial charge in [0.05, 0.1) is 13.2 Å². The molecule has 9 nitrogen and oxygen atoms in total. The Labute approximate surface area is 191 Å². The Hall–Kier alpha value is -3.43. The summed E-state index contributed by atoms with van der Waals surface area (Å²) in [5.41, 5.74) is 2.83. The van der Waals surface area contributed by atoms with Gasteiger partial charge < -0.3 is 30.3 Å². The van der Waals surface area contributed by atoms with Crippen molar-refractivity contribution in [1.29, 1.82) is 0 Å². The van der Waals surface area contributed by atoms with E-state index in [9.17, 15) is 19.5 Å². The summed E-state index contributed by atoms with van der Waals surface area (Å²) in [6, 6.07) is 15.9. The molecule has 33 heavy (non-hydrogen) atoms. The largest absolute Gasteiger partial charge is 0.479 e. The topological polar surface area (TPSA) is 134 Å². The number of benzene rings is 2. The third-order valence-corrected chi connectivity index (χ3v) is 5.85. The van der Waals surface area contributed by atoms with Crippen LogP contribution in [0.2, 0.25) is 0 Å². The first kappa shape index (κ1) is 24.2. The molecule has 176 valence electrons. The molecule has 0 aromatic heterocycles. The van der Waals surface area contributed by atoms with Crippen LogP contribution in [0.15, 0.2) is 48.5 Å². The molecule has 2 aromatic carbocycles. The second-order valence-corrected chi connectivity index (χ2v) is 7.88. The molecule has 2 aromatic rings. The molecule has 2 atom stereocenters. The van der Waals surface area contributed by atoms with Crippen molar-refractivity contribution in [1.82, 2.24) is 10.6 Å². The Morgan fingerprint density at radius 2 is 1.64 bits per heavy atom. The highest BCUT2D eigenvalue weighted by atomic mass is 16.5. The van der Waals surface area contributed by atoms with Gasteiger partial charge in [-0.25, -0.2) is 9.59 Å². The molecule has 4 N–H and O–H groups in total. The van der Waals surface area contributed by atoms with Gasteiger partial charge in [-0.05, 0) is 28.7 Å². The number of carbonyl (C=O) groups is 3. The van der Waals surface area contributed by atoms with E-state index in [2.05, 4.69) is 10.6 Å². The molecule has 0 heterocycles. The van der Waals surface area contributed by atoms with Crippen LogP contribution in [0, 0.1) is 0 Å². The summed E-state index contributed by atoms with van der Waals surface area (Å²) in [5, 5.41) is 23.2. The lowest BCUT2D eigenvalue weighted by molar-refractivity contribution is -0.146. The maximum Gasteiger partial charge on any atom is 0.408 e. The van der Waals surface area contributed by atoms with Crippen molar-refractivity contribution in [2.24, 2.45) is 0 Å². The Balaban J connectivity index is 1.70. The number of hydrogen-bond donors (Lipinski definition) is 4. The monoisotopic (exact) mass is 456 g/mol. The van der Waals surface area contributed by atoms with Crippen LogP contribution in [-0.4, -0.2) is 66.7 Å². The fraction of sp³-hybridized carbons (Fsp3) is 0.375.